The van der Waals surface area contributed by atoms with Crippen molar-refractivity contribution in [3.8, 4) is 17.1 Å². The van der Waals surface area contributed by atoms with Crippen molar-refractivity contribution in [3.63, 3.8) is 0 Å². The lowest BCUT2D eigenvalue weighted by Gasteiger charge is -2.34. The summed E-state index contributed by atoms with van der Waals surface area (Å²) in [6.07, 6.45) is 5.76. The number of hydrogen-bond donors (Lipinski definition) is 0. The van der Waals surface area contributed by atoms with E-state index in [1.165, 1.54) is 11.1 Å². The first kappa shape index (κ1) is 21.0. The van der Waals surface area contributed by atoms with Crippen LogP contribution in [-0.2, 0) is 5.41 Å². The minimum absolute atomic E-state index is 0.157. The average molecular weight is 411 g/mol. The van der Waals surface area contributed by atoms with Crippen molar-refractivity contribution < 1.29 is 0 Å². The number of pyridine rings is 1. The van der Waals surface area contributed by atoms with Gasteiger partial charge < -0.3 is 0 Å². The van der Waals surface area contributed by atoms with E-state index in [-0.39, 0.29) is 5.41 Å². The van der Waals surface area contributed by atoms with E-state index in [9.17, 15) is 0 Å². The number of aryl methyl sites for hydroxylation is 3. The summed E-state index contributed by atoms with van der Waals surface area (Å²) in [6, 6.07) is 17.2. The fourth-order valence-corrected chi connectivity index (χ4v) is 4.13. The van der Waals surface area contributed by atoms with E-state index in [4.69, 9.17) is 4.98 Å². The van der Waals surface area contributed by atoms with E-state index in [0.717, 1.165) is 28.2 Å². The van der Waals surface area contributed by atoms with Crippen LogP contribution in [0.2, 0.25) is 0 Å². The van der Waals surface area contributed by atoms with Gasteiger partial charge in [0.05, 0.1) is 5.69 Å². The van der Waals surface area contributed by atoms with Gasteiger partial charge in [-0.3, -0.25) is 9.55 Å². The second-order valence-corrected chi connectivity index (χ2v) is 8.88. The Kier molecular flexibility index (Phi) is 5.48. The van der Waals surface area contributed by atoms with Gasteiger partial charge in [0.25, 0.3) is 0 Å². The first-order chi connectivity index (χ1) is 14.8. The number of aromatic nitrogens is 4. The summed E-state index contributed by atoms with van der Waals surface area (Å²) in [5.74, 6) is 1.11. The first-order valence-electron chi connectivity index (χ1n) is 10.8. The summed E-state index contributed by atoms with van der Waals surface area (Å²) in [5.41, 5.74) is 7.77. The zero-order chi connectivity index (χ0) is 22.2. The first-order valence-corrected chi connectivity index (χ1v) is 10.8. The van der Waals surface area contributed by atoms with E-state index >= 15 is 0 Å². The van der Waals surface area contributed by atoms with Crippen molar-refractivity contribution >= 4 is 0 Å². The normalized spacial score (nSPS) is 13.4. The molecule has 1 aromatic carbocycles. The van der Waals surface area contributed by atoms with Gasteiger partial charge in [0, 0.05) is 41.0 Å². The topological polar surface area (TPSA) is 43.6 Å². The monoisotopic (exact) mass is 410 g/mol. The van der Waals surface area contributed by atoms with Crippen LogP contribution in [0.15, 0.2) is 67.1 Å². The fraction of sp³-hybridized carbons (Fsp3) is 0.296. The van der Waals surface area contributed by atoms with Gasteiger partial charge in [0.1, 0.15) is 0 Å². The lowest BCUT2D eigenvalue weighted by Crippen LogP contribution is -2.31. The Balaban J connectivity index is 1.65. The van der Waals surface area contributed by atoms with Crippen molar-refractivity contribution in [1.29, 1.82) is 0 Å². The van der Waals surface area contributed by atoms with Crippen molar-refractivity contribution in [2.45, 2.75) is 47.0 Å². The lowest BCUT2D eigenvalue weighted by atomic mass is 9.70. The second kappa shape index (κ2) is 8.10. The molecule has 4 nitrogen and oxygen atoms in total. The molecule has 4 aromatic rings. The molecule has 0 aliphatic carbocycles. The van der Waals surface area contributed by atoms with Gasteiger partial charge in [-0.25, -0.2) is 9.97 Å². The Morgan fingerprint density at radius 3 is 1.84 bits per heavy atom. The zero-order valence-corrected chi connectivity index (χ0v) is 19.2. The molecule has 158 valence electrons. The Hall–Kier alpha value is -3.27. The summed E-state index contributed by atoms with van der Waals surface area (Å²) in [4.78, 5) is 14.0. The molecule has 31 heavy (non-hydrogen) atoms. The maximum absolute atomic E-state index is 4.75. The van der Waals surface area contributed by atoms with Gasteiger partial charge in [-0.05, 0) is 68.5 Å². The van der Waals surface area contributed by atoms with E-state index in [1.54, 1.807) is 0 Å². The molecule has 0 aliphatic heterocycles. The number of nitrogens with zero attached hydrogens (tertiary/aromatic N) is 4. The van der Waals surface area contributed by atoms with Crippen molar-refractivity contribution in [2.75, 3.05) is 0 Å². The lowest BCUT2D eigenvalue weighted by molar-refractivity contribution is 0.395. The Morgan fingerprint density at radius 2 is 1.32 bits per heavy atom. The molecule has 0 aliphatic rings. The predicted molar refractivity (Wildman–Crippen MR) is 127 cm³/mol. The van der Waals surface area contributed by atoms with Gasteiger partial charge in [0.15, 0.2) is 0 Å². The predicted octanol–water partition coefficient (Wildman–Crippen LogP) is 6.22. The molecule has 0 N–H and O–H groups in total. The SMILES string of the molecule is Cc1ccc(C(C)(c2ccc(-c3cnc(-n4c(C)ccc4C)nc3)cc2)C(C)C)nc1. The molecular weight excluding hydrogens is 380 g/mol. The highest BCUT2D eigenvalue weighted by molar-refractivity contribution is 5.62. The summed E-state index contributed by atoms with van der Waals surface area (Å²) in [5, 5.41) is 0. The van der Waals surface area contributed by atoms with Crippen LogP contribution in [0.1, 0.15) is 49.0 Å². The molecule has 0 radical (unpaired) electrons. The van der Waals surface area contributed by atoms with E-state index in [1.807, 2.05) is 18.6 Å². The van der Waals surface area contributed by atoms with E-state index in [2.05, 4.69) is 105 Å². The van der Waals surface area contributed by atoms with Gasteiger partial charge in [-0.1, -0.05) is 44.2 Å². The third-order valence-corrected chi connectivity index (χ3v) is 6.53. The number of benzene rings is 1. The summed E-state index contributed by atoms with van der Waals surface area (Å²) < 4.78 is 2.07. The molecule has 3 aromatic heterocycles. The van der Waals surface area contributed by atoms with Crippen molar-refractivity contribution in [1.82, 2.24) is 19.5 Å². The van der Waals surface area contributed by atoms with Gasteiger partial charge in [-0.15, -0.1) is 0 Å². The van der Waals surface area contributed by atoms with Gasteiger partial charge in [0.2, 0.25) is 5.95 Å². The molecule has 0 saturated heterocycles. The molecular formula is C27H30N4. The molecule has 0 spiro atoms. The highest BCUT2D eigenvalue weighted by Crippen LogP contribution is 2.38. The number of rotatable bonds is 5. The van der Waals surface area contributed by atoms with Gasteiger partial charge >= 0.3 is 0 Å². The highest BCUT2D eigenvalue weighted by atomic mass is 15.2. The summed E-state index contributed by atoms with van der Waals surface area (Å²) >= 11 is 0. The van der Waals surface area contributed by atoms with E-state index < -0.39 is 0 Å². The quantitative estimate of drug-likeness (QED) is 0.392. The van der Waals surface area contributed by atoms with Crippen LogP contribution < -0.4 is 0 Å². The Labute approximate surface area is 185 Å². The molecule has 0 amide bonds. The summed E-state index contributed by atoms with van der Waals surface area (Å²) in [7, 11) is 0. The fourth-order valence-electron chi connectivity index (χ4n) is 4.13. The molecule has 4 rings (SSSR count). The molecule has 3 heterocycles. The van der Waals surface area contributed by atoms with Crippen LogP contribution in [0.4, 0.5) is 0 Å². The molecule has 0 fully saturated rings. The highest BCUT2D eigenvalue weighted by Gasteiger charge is 2.33. The van der Waals surface area contributed by atoms with Crippen LogP contribution in [0, 0.1) is 26.7 Å². The Morgan fingerprint density at radius 1 is 0.710 bits per heavy atom. The van der Waals surface area contributed by atoms with Gasteiger partial charge in [-0.2, -0.15) is 0 Å². The van der Waals surface area contributed by atoms with Crippen LogP contribution in [-0.4, -0.2) is 19.5 Å². The molecule has 0 bridgehead atoms. The second-order valence-electron chi connectivity index (χ2n) is 8.88. The third-order valence-electron chi connectivity index (χ3n) is 6.53. The largest absolute Gasteiger partial charge is 0.287 e. The molecule has 4 heteroatoms. The van der Waals surface area contributed by atoms with Crippen LogP contribution in [0.5, 0.6) is 0 Å². The van der Waals surface area contributed by atoms with Crippen molar-refractivity contribution in [3.05, 3.63) is 95.3 Å². The molecule has 1 unspecified atom stereocenters. The minimum atomic E-state index is -0.157. The van der Waals surface area contributed by atoms with Crippen molar-refractivity contribution in [2.24, 2.45) is 5.92 Å². The van der Waals surface area contributed by atoms with E-state index in [0.29, 0.717) is 11.9 Å². The Bertz CT molecular complexity index is 1150. The van der Waals surface area contributed by atoms with Crippen LogP contribution in [0.3, 0.4) is 0 Å². The third kappa shape index (κ3) is 3.78. The zero-order valence-electron chi connectivity index (χ0n) is 19.2. The summed E-state index contributed by atoms with van der Waals surface area (Å²) in [6.45, 7) is 13.0. The van der Waals surface area contributed by atoms with Crippen LogP contribution >= 0.6 is 0 Å². The minimum Gasteiger partial charge on any atom is -0.287 e. The standard InChI is InChI=1S/C27H30N4/c1-18(2)27(6,25-14-7-19(3)15-28-25)24-12-10-22(11-13-24)23-16-29-26(30-17-23)31-20(4)8-9-21(31)5/h7-18H,1-6H3. The average Bonchev–Trinajstić information content (AvgIpc) is 3.12. The smallest absolute Gasteiger partial charge is 0.234 e. The maximum Gasteiger partial charge on any atom is 0.234 e. The van der Waals surface area contributed by atoms with Crippen LogP contribution in [0.25, 0.3) is 17.1 Å². The maximum atomic E-state index is 4.75. The number of hydrogen-bond acceptors (Lipinski definition) is 3. The molecule has 1 atom stereocenters. The molecule has 0 saturated carbocycles.